The largest absolute Gasteiger partial charge is 0.294 e. The van der Waals surface area contributed by atoms with E-state index in [2.05, 4.69) is 20.8 Å². The van der Waals surface area contributed by atoms with Crippen molar-refractivity contribution in [1.29, 1.82) is 0 Å². The van der Waals surface area contributed by atoms with Gasteiger partial charge in [0.05, 0.1) is 4.90 Å². The molecule has 0 aliphatic rings. The molecule has 0 unspecified atom stereocenters. The van der Waals surface area contributed by atoms with E-state index in [1.54, 1.807) is 12.1 Å². The van der Waals surface area contributed by atoms with Crippen molar-refractivity contribution in [2.75, 3.05) is 6.26 Å². The summed E-state index contributed by atoms with van der Waals surface area (Å²) in [7, 11) is -3.25. The molecule has 3 nitrogen and oxygen atoms in total. The van der Waals surface area contributed by atoms with E-state index < -0.39 is 9.84 Å². The molecule has 0 aromatic heterocycles. The Balaban J connectivity index is 2.88. The molecule has 0 saturated heterocycles. The molecule has 1 aromatic rings. The summed E-state index contributed by atoms with van der Waals surface area (Å²) in [5.74, 6) is -0.00424. The van der Waals surface area contributed by atoms with Gasteiger partial charge < -0.3 is 0 Å². The van der Waals surface area contributed by atoms with Crippen molar-refractivity contribution in [1.82, 2.24) is 0 Å². The molecule has 0 amide bonds. The Morgan fingerprint density at radius 3 is 2.33 bits per heavy atom. The third-order valence-corrected chi connectivity index (χ3v) is 3.80. The predicted molar refractivity (Wildman–Crippen MR) is 72.6 cm³/mol. The topological polar surface area (TPSA) is 51.2 Å². The lowest BCUT2D eigenvalue weighted by Gasteiger charge is -2.17. The quantitative estimate of drug-likeness (QED) is 0.788. The molecule has 1 rings (SSSR count). The molecule has 4 heteroatoms. The molecule has 1 aromatic carbocycles. The second-order valence-corrected chi connectivity index (χ2v) is 7.80. The molecule has 0 spiro atoms. The summed E-state index contributed by atoms with van der Waals surface area (Å²) >= 11 is 0. The summed E-state index contributed by atoms with van der Waals surface area (Å²) in [6, 6.07) is 6.25. The van der Waals surface area contributed by atoms with Gasteiger partial charge in [-0.1, -0.05) is 32.9 Å². The Bertz CT molecular complexity index is 536. The van der Waals surface area contributed by atoms with Gasteiger partial charge in [-0.05, 0) is 24.0 Å². The smallest absolute Gasteiger partial charge is 0.175 e. The normalized spacial score (nSPS) is 12.4. The first-order valence-corrected chi connectivity index (χ1v) is 7.82. The summed E-state index contributed by atoms with van der Waals surface area (Å²) < 4.78 is 22.8. The first-order chi connectivity index (χ1) is 8.09. The van der Waals surface area contributed by atoms with E-state index in [4.69, 9.17) is 0 Å². The van der Waals surface area contributed by atoms with Crippen molar-refractivity contribution in [2.24, 2.45) is 5.41 Å². The minimum absolute atomic E-state index is 0.00424. The number of sulfone groups is 1. The van der Waals surface area contributed by atoms with Gasteiger partial charge in [-0.25, -0.2) is 8.42 Å². The van der Waals surface area contributed by atoms with E-state index in [-0.39, 0.29) is 16.1 Å². The highest BCUT2D eigenvalue weighted by Gasteiger charge is 2.15. The van der Waals surface area contributed by atoms with Gasteiger partial charge >= 0.3 is 0 Å². The van der Waals surface area contributed by atoms with Crippen LogP contribution in [0.25, 0.3) is 0 Å². The molecular formula is C14H20O3S. The van der Waals surface area contributed by atoms with Crippen molar-refractivity contribution in [2.45, 2.75) is 38.5 Å². The number of ketones is 1. The number of carbonyl (C=O) groups is 1. The van der Waals surface area contributed by atoms with Crippen LogP contribution in [0.3, 0.4) is 0 Å². The van der Waals surface area contributed by atoms with Gasteiger partial charge in [-0.15, -0.1) is 0 Å². The third kappa shape index (κ3) is 4.61. The number of benzene rings is 1. The molecule has 0 bridgehead atoms. The van der Waals surface area contributed by atoms with Gasteiger partial charge in [-0.3, -0.25) is 4.79 Å². The number of hydrogen-bond donors (Lipinski definition) is 0. The van der Waals surface area contributed by atoms with E-state index in [9.17, 15) is 13.2 Å². The highest BCUT2D eigenvalue weighted by molar-refractivity contribution is 7.90. The SMILES string of the molecule is CC(C)(C)CCC(=O)c1cccc(S(C)(=O)=O)c1. The molecule has 0 atom stereocenters. The van der Waals surface area contributed by atoms with Crippen LogP contribution >= 0.6 is 0 Å². The maximum atomic E-state index is 12.0. The fraction of sp³-hybridized carbons (Fsp3) is 0.500. The van der Waals surface area contributed by atoms with Crippen LogP contribution in [0, 0.1) is 5.41 Å². The molecule has 0 aliphatic heterocycles. The standard InChI is InChI=1S/C14H20O3S/c1-14(2,3)9-8-13(15)11-6-5-7-12(10-11)18(4,16)17/h5-7,10H,8-9H2,1-4H3. The van der Waals surface area contributed by atoms with Crippen LogP contribution in [-0.2, 0) is 9.84 Å². The van der Waals surface area contributed by atoms with Crippen molar-refractivity contribution in [3.05, 3.63) is 29.8 Å². The predicted octanol–water partition coefficient (Wildman–Crippen LogP) is 3.10. The molecule has 100 valence electrons. The zero-order chi connectivity index (χ0) is 14.0. The van der Waals surface area contributed by atoms with Gasteiger partial charge in [0.1, 0.15) is 0 Å². The van der Waals surface area contributed by atoms with E-state index in [0.717, 1.165) is 12.7 Å². The van der Waals surface area contributed by atoms with Gasteiger partial charge in [-0.2, -0.15) is 0 Å². The number of hydrogen-bond acceptors (Lipinski definition) is 3. The molecule has 0 N–H and O–H groups in total. The minimum atomic E-state index is -3.25. The van der Waals surface area contributed by atoms with E-state index in [1.807, 2.05) is 0 Å². The highest BCUT2D eigenvalue weighted by Crippen LogP contribution is 2.22. The molecule has 0 fully saturated rings. The number of Topliss-reactive ketones (excluding diaryl/α,β-unsaturated/α-hetero) is 1. The number of rotatable bonds is 4. The fourth-order valence-electron chi connectivity index (χ4n) is 1.53. The van der Waals surface area contributed by atoms with Crippen LogP contribution in [0.4, 0.5) is 0 Å². The summed E-state index contributed by atoms with van der Waals surface area (Å²) in [4.78, 5) is 12.2. The minimum Gasteiger partial charge on any atom is -0.294 e. The summed E-state index contributed by atoms with van der Waals surface area (Å²) in [5, 5.41) is 0. The molecule has 18 heavy (non-hydrogen) atoms. The molecule has 0 heterocycles. The van der Waals surface area contributed by atoms with Crippen LogP contribution in [0.2, 0.25) is 0 Å². The second-order valence-electron chi connectivity index (χ2n) is 5.78. The van der Waals surface area contributed by atoms with Crippen molar-refractivity contribution in [3.63, 3.8) is 0 Å². The third-order valence-electron chi connectivity index (χ3n) is 2.69. The van der Waals surface area contributed by atoms with Gasteiger partial charge in [0.25, 0.3) is 0 Å². The Hall–Kier alpha value is -1.16. The van der Waals surface area contributed by atoms with Gasteiger partial charge in [0, 0.05) is 18.2 Å². The van der Waals surface area contributed by atoms with Crippen LogP contribution in [0.15, 0.2) is 29.2 Å². The maximum absolute atomic E-state index is 12.0. The van der Waals surface area contributed by atoms with Gasteiger partial charge in [0.15, 0.2) is 15.6 Å². The Labute approximate surface area is 109 Å². The highest BCUT2D eigenvalue weighted by atomic mass is 32.2. The van der Waals surface area contributed by atoms with E-state index >= 15 is 0 Å². The molecule has 0 saturated carbocycles. The van der Waals surface area contributed by atoms with Crippen LogP contribution < -0.4 is 0 Å². The second kappa shape index (κ2) is 5.22. The lowest BCUT2D eigenvalue weighted by molar-refractivity contribution is 0.0965. The fourth-order valence-corrected chi connectivity index (χ4v) is 2.20. The monoisotopic (exact) mass is 268 g/mol. The summed E-state index contributed by atoms with van der Waals surface area (Å²) in [6.07, 6.45) is 2.37. The summed E-state index contributed by atoms with van der Waals surface area (Å²) in [6.45, 7) is 6.23. The van der Waals surface area contributed by atoms with Crippen molar-refractivity contribution < 1.29 is 13.2 Å². The first kappa shape index (κ1) is 14.9. The van der Waals surface area contributed by atoms with E-state index in [1.165, 1.54) is 12.1 Å². The zero-order valence-electron chi connectivity index (χ0n) is 11.4. The Kier molecular flexibility index (Phi) is 4.32. The van der Waals surface area contributed by atoms with Crippen LogP contribution in [-0.4, -0.2) is 20.5 Å². The molecule has 0 aliphatic carbocycles. The Morgan fingerprint density at radius 2 is 1.83 bits per heavy atom. The first-order valence-electron chi connectivity index (χ1n) is 5.93. The van der Waals surface area contributed by atoms with E-state index in [0.29, 0.717) is 12.0 Å². The number of carbonyl (C=O) groups excluding carboxylic acids is 1. The maximum Gasteiger partial charge on any atom is 0.175 e. The summed E-state index contributed by atoms with van der Waals surface area (Å²) in [5.41, 5.74) is 0.576. The average molecular weight is 268 g/mol. The molecular weight excluding hydrogens is 248 g/mol. The molecule has 0 radical (unpaired) electrons. The zero-order valence-corrected chi connectivity index (χ0v) is 12.2. The van der Waals surface area contributed by atoms with Crippen LogP contribution in [0.5, 0.6) is 0 Å². The average Bonchev–Trinajstić information content (AvgIpc) is 2.24. The van der Waals surface area contributed by atoms with Crippen molar-refractivity contribution >= 4 is 15.6 Å². The lowest BCUT2D eigenvalue weighted by Crippen LogP contribution is -2.09. The lowest BCUT2D eigenvalue weighted by atomic mass is 9.88. The Morgan fingerprint density at radius 1 is 1.22 bits per heavy atom. The van der Waals surface area contributed by atoms with Crippen LogP contribution in [0.1, 0.15) is 44.0 Å². The van der Waals surface area contributed by atoms with Crippen molar-refractivity contribution in [3.8, 4) is 0 Å². The van der Waals surface area contributed by atoms with Gasteiger partial charge in [0.2, 0.25) is 0 Å².